The highest BCUT2D eigenvalue weighted by Gasteiger charge is 2.21. The van der Waals surface area contributed by atoms with Gasteiger partial charge in [-0.25, -0.2) is 4.79 Å². The van der Waals surface area contributed by atoms with Gasteiger partial charge in [-0.1, -0.05) is 0 Å². The number of hydrogen-bond donors (Lipinski definition) is 2. The monoisotopic (exact) mass is 416 g/mol. The molecule has 0 aromatic heterocycles. The standard InChI is InChI=1S/C20H40N4O3S/c1-20(2,3)27-19(25)23-12-8-15-26-17-9-13-24(14-10-17)18(21-4)22-11-6-7-16-28-5/h17H,6-16H2,1-5H3,(H,21,22)(H,23,25). The Balaban J connectivity index is 2.11. The molecule has 2 N–H and O–H groups in total. The second-order valence-corrected chi connectivity index (χ2v) is 9.00. The number of aliphatic imine (C=N–C) groups is 1. The molecule has 7 nitrogen and oxygen atoms in total. The second kappa shape index (κ2) is 13.9. The Morgan fingerprint density at radius 2 is 1.82 bits per heavy atom. The van der Waals surface area contributed by atoms with Crippen molar-refractivity contribution in [3.8, 4) is 0 Å². The summed E-state index contributed by atoms with van der Waals surface area (Å²) in [6.07, 6.45) is 7.29. The Morgan fingerprint density at radius 1 is 1.14 bits per heavy atom. The lowest BCUT2D eigenvalue weighted by atomic mass is 10.1. The van der Waals surface area contributed by atoms with Crippen LogP contribution in [0.15, 0.2) is 4.99 Å². The van der Waals surface area contributed by atoms with Crippen LogP contribution in [0.3, 0.4) is 0 Å². The molecule has 0 spiro atoms. The maximum absolute atomic E-state index is 11.6. The Hall–Kier alpha value is -1.15. The molecule has 0 aliphatic carbocycles. The van der Waals surface area contributed by atoms with Crippen molar-refractivity contribution in [1.29, 1.82) is 0 Å². The minimum absolute atomic E-state index is 0.289. The summed E-state index contributed by atoms with van der Waals surface area (Å²) in [6.45, 7) is 9.71. The van der Waals surface area contributed by atoms with Crippen molar-refractivity contribution in [1.82, 2.24) is 15.5 Å². The molecule has 1 aliphatic heterocycles. The van der Waals surface area contributed by atoms with Crippen LogP contribution in [0.5, 0.6) is 0 Å². The van der Waals surface area contributed by atoms with Crippen LogP contribution in [-0.2, 0) is 9.47 Å². The first-order chi connectivity index (χ1) is 13.4. The zero-order chi connectivity index (χ0) is 20.8. The third kappa shape index (κ3) is 11.6. The van der Waals surface area contributed by atoms with Gasteiger partial charge in [0.15, 0.2) is 5.96 Å². The largest absolute Gasteiger partial charge is 0.444 e. The highest BCUT2D eigenvalue weighted by Crippen LogP contribution is 2.14. The number of unbranched alkanes of at least 4 members (excludes halogenated alkanes) is 1. The van der Waals surface area contributed by atoms with E-state index in [-0.39, 0.29) is 12.2 Å². The van der Waals surface area contributed by atoms with Crippen LogP contribution in [0.1, 0.15) is 52.9 Å². The Bertz CT molecular complexity index is 461. The number of carbonyl (C=O) groups is 1. The number of likely N-dealkylation sites (tertiary alicyclic amines) is 1. The number of hydrogen-bond acceptors (Lipinski definition) is 5. The molecule has 0 bridgehead atoms. The number of alkyl carbamates (subject to hydrolysis) is 1. The molecule has 0 unspecified atom stereocenters. The molecule has 0 aromatic rings. The van der Waals surface area contributed by atoms with Gasteiger partial charge < -0.3 is 25.0 Å². The van der Waals surface area contributed by atoms with E-state index in [0.29, 0.717) is 13.2 Å². The SMILES string of the molecule is CN=C(NCCCCSC)N1CCC(OCCCNC(=O)OC(C)(C)C)CC1. The third-order valence-electron chi connectivity index (χ3n) is 4.35. The number of guanidine groups is 1. The normalized spacial score (nSPS) is 16.2. The maximum atomic E-state index is 11.6. The number of nitrogens with zero attached hydrogens (tertiary/aromatic N) is 2. The quantitative estimate of drug-likeness (QED) is 0.324. The van der Waals surface area contributed by atoms with Crippen molar-refractivity contribution in [3.63, 3.8) is 0 Å². The molecule has 1 rings (SSSR count). The summed E-state index contributed by atoms with van der Waals surface area (Å²) in [5, 5.41) is 6.24. The van der Waals surface area contributed by atoms with Crippen LogP contribution >= 0.6 is 11.8 Å². The molecule has 1 amide bonds. The number of nitrogens with one attached hydrogen (secondary N) is 2. The first-order valence-corrected chi connectivity index (χ1v) is 11.8. The minimum Gasteiger partial charge on any atom is -0.444 e. The number of amides is 1. The van der Waals surface area contributed by atoms with Gasteiger partial charge in [-0.15, -0.1) is 0 Å². The zero-order valence-corrected chi connectivity index (χ0v) is 19.2. The Labute approximate surface area is 175 Å². The van der Waals surface area contributed by atoms with Crippen molar-refractivity contribution in [2.75, 3.05) is 51.8 Å². The number of carbonyl (C=O) groups excluding carboxylic acids is 1. The molecule has 1 saturated heterocycles. The predicted molar refractivity (Wildman–Crippen MR) is 118 cm³/mol. The van der Waals surface area contributed by atoms with E-state index in [9.17, 15) is 4.79 Å². The van der Waals surface area contributed by atoms with Crippen molar-refractivity contribution in [2.45, 2.75) is 64.6 Å². The van der Waals surface area contributed by atoms with Crippen LogP contribution < -0.4 is 10.6 Å². The summed E-state index contributed by atoms with van der Waals surface area (Å²) in [5.74, 6) is 2.22. The highest BCUT2D eigenvalue weighted by atomic mass is 32.2. The van der Waals surface area contributed by atoms with E-state index in [0.717, 1.165) is 44.9 Å². The summed E-state index contributed by atoms with van der Waals surface area (Å²) in [5.41, 5.74) is -0.460. The first-order valence-electron chi connectivity index (χ1n) is 10.4. The molecule has 8 heteroatoms. The number of ether oxygens (including phenoxy) is 2. The van der Waals surface area contributed by atoms with Crippen LogP contribution in [0.2, 0.25) is 0 Å². The summed E-state index contributed by atoms with van der Waals surface area (Å²) < 4.78 is 11.2. The van der Waals surface area contributed by atoms with E-state index >= 15 is 0 Å². The Morgan fingerprint density at radius 3 is 2.43 bits per heavy atom. The van der Waals surface area contributed by atoms with E-state index in [1.54, 1.807) is 0 Å². The first kappa shape index (κ1) is 24.9. The van der Waals surface area contributed by atoms with Crippen LogP contribution in [0, 0.1) is 0 Å². The fourth-order valence-electron chi connectivity index (χ4n) is 2.96. The predicted octanol–water partition coefficient (Wildman–Crippen LogP) is 3.10. The van der Waals surface area contributed by atoms with E-state index < -0.39 is 5.60 Å². The topological polar surface area (TPSA) is 75.2 Å². The molecule has 1 heterocycles. The lowest BCUT2D eigenvalue weighted by molar-refractivity contribution is 0.0170. The average molecular weight is 417 g/mol. The Kier molecular flexibility index (Phi) is 12.4. The second-order valence-electron chi connectivity index (χ2n) is 8.01. The van der Waals surface area contributed by atoms with E-state index in [1.807, 2.05) is 39.6 Å². The summed E-state index contributed by atoms with van der Waals surface area (Å²) >= 11 is 1.90. The van der Waals surface area contributed by atoms with Gasteiger partial charge in [0.25, 0.3) is 0 Å². The average Bonchev–Trinajstić information content (AvgIpc) is 2.64. The van der Waals surface area contributed by atoms with E-state index in [4.69, 9.17) is 9.47 Å². The summed E-state index contributed by atoms with van der Waals surface area (Å²) in [7, 11) is 1.85. The minimum atomic E-state index is -0.460. The fraction of sp³-hybridized carbons (Fsp3) is 0.900. The van der Waals surface area contributed by atoms with Crippen LogP contribution in [-0.4, -0.2) is 80.5 Å². The van der Waals surface area contributed by atoms with Crippen molar-refractivity contribution < 1.29 is 14.3 Å². The lowest BCUT2D eigenvalue weighted by Gasteiger charge is -2.34. The molecule has 0 aromatic carbocycles. The van der Waals surface area contributed by atoms with Gasteiger partial charge in [-0.2, -0.15) is 11.8 Å². The van der Waals surface area contributed by atoms with Crippen molar-refractivity contribution in [3.05, 3.63) is 0 Å². The molecule has 1 aliphatic rings. The van der Waals surface area contributed by atoms with E-state index in [2.05, 4.69) is 26.8 Å². The molecular formula is C20H40N4O3S. The summed E-state index contributed by atoms with van der Waals surface area (Å²) in [4.78, 5) is 18.3. The summed E-state index contributed by atoms with van der Waals surface area (Å²) in [6, 6.07) is 0. The molecule has 164 valence electrons. The molecule has 0 atom stereocenters. The van der Waals surface area contributed by atoms with Crippen molar-refractivity contribution >= 4 is 23.8 Å². The third-order valence-corrected chi connectivity index (χ3v) is 5.05. The molecule has 1 fully saturated rings. The smallest absolute Gasteiger partial charge is 0.407 e. The maximum Gasteiger partial charge on any atom is 0.407 e. The number of rotatable bonds is 10. The van der Waals surface area contributed by atoms with Crippen LogP contribution in [0.25, 0.3) is 0 Å². The number of piperidine rings is 1. The van der Waals surface area contributed by atoms with Crippen molar-refractivity contribution in [2.24, 2.45) is 4.99 Å². The highest BCUT2D eigenvalue weighted by molar-refractivity contribution is 7.98. The molecule has 0 radical (unpaired) electrons. The molecule has 28 heavy (non-hydrogen) atoms. The lowest BCUT2D eigenvalue weighted by Crippen LogP contribution is -2.47. The van der Waals surface area contributed by atoms with Crippen LogP contribution in [0.4, 0.5) is 4.79 Å². The van der Waals surface area contributed by atoms with Gasteiger partial charge in [0.1, 0.15) is 5.60 Å². The number of thioether (sulfide) groups is 1. The van der Waals surface area contributed by atoms with Gasteiger partial charge >= 0.3 is 6.09 Å². The van der Waals surface area contributed by atoms with E-state index in [1.165, 1.54) is 18.6 Å². The fourth-order valence-corrected chi connectivity index (χ4v) is 3.46. The van der Waals surface area contributed by atoms with Gasteiger partial charge in [0.2, 0.25) is 0 Å². The van der Waals surface area contributed by atoms with Gasteiger partial charge in [-0.3, -0.25) is 4.99 Å². The molecule has 0 saturated carbocycles. The van der Waals surface area contributed by atoms with Gasteiger partial charge in [0.05, 0.1) is 6.10 Å². The van der Waals surface area contributed by atoms with Gasteiger partial charge in [-0.05, 0) is 64.9 Å². The van der Waals surface area contributed by atoms with Gasteiger partial charge in [0, 0.05) is 39.8 Å². The molecular weight excluding hydrogens is 376 g/mol. The zero-order valence-electron chi connectivity index (χ0n) is 18.4.